The van der Waals surface area contributed by atoms with Crippen molar-refractivity contribution in [1.82, 2.24) is 16.2 Å². The van der Waals surface area contributed by atoms with E-state index in [9.17, 15) is 14.4 Å². The van der Waals surface area contributed by atoms with Crippen LogP contribution in [0.4, 0.5) is 0 Å². The van der Waals surface area contributed by atoms with Gasteiger partial charge in [-0.05, 0) is 42.5 Å². The molecule has 0 atom stereocenters. The summed E-state index contributed by atoms with van der Waals surface area (Å²) >= 11 is 9.06. The summed E-state index contributed by atoms with van der Waals surface area (Å²) in [6.45, 7) is -0.273. The number of carbonyl (C=O) groups is 3. The second kappa shape index (κ2) is 8.47. The van der Waals surface area contributed by atoms with Crippen molar-refractivity contribution in [2.75, 3.05) is 6.54 Å². The van der Waals surface area contributed by atoms with Gasteiger partial charge in [-0.15, -0.1) is 0 Å². The average molecular weight is 411 g/mol. The van der Waals surface area contributed by atoms with Crippen LogP contribution in [-0.2, 0) is 4.79 Å². The van der Waals surface area contributed by atoms with Gasteiger partial charge >= 0.3 is 0 Å². The standard InChI is InChI=1S/C16H13BrClN3O3/c17-12-6-4-10(5-7-12)15(23)19-9-14(22)20-21-16(24)11-2-1-3-13(18)8-11/h1-8H,9H2,(H,19,23)(H,20,22)(H,21,24). The molecule has 0 aliphatic heterocycles. The Hall–Kier alpha value is -2.38. The number of rotatable bonds is 4. The van der Waals surface area contributed by atoms with Gasteiger partial charge in [0.25, 0.3) is 17.7 Å². The van der Waals surface area contributed by atoms with Crippen LogP contribution in [0.3, 0.4) is 0 Å². The van der Waals surface area contributed by atoms with Crippen LogP contribution in [0.15, 0.2) is 53.0 Å². The molecule has 0 aromatic heterocycles. The highest BCUT2D eigenvalue weighted by Crippen LogP contribution is 2.11. The number of amides is 3. The number of hydrogen-bond donors (Lipinski definition) is 3. The third-order valence-electron chi connectivity index (χ3n) is 2.92. The number of benzene rings is 2. The van der Waals surface area contributed by atoms with Crippen molar-refractivity contribution < 1.29 is 14.4 Å². The lowest BCUT2D eigenvalue weighted by Gasteiger charge is -2.08. The van der Waals surface area contributed by atoms with E-state index in [1.807, 2.05) is 0 Å². The molecule has 0 spiro atoms. The van der Waals surface area contributed by atoms with Crippen LogP contribution >= 0.6 is 27.5 Å². The van der Waals surface area contributed by atoms with Gasteiger partial charge in [-0.25, -0.2) is 0 Å². The maximum atomic E-state index is 11.8. The zero-order chi connectivity index (χ0) is 17.5. The molecule has 2 rings (SSSR count). The van der Waals surface area contributed by atoms with Crippen LogP contribution < -0.4 is 16.2 Å². The van der Waals surface area contributed by atoms with E-state index >= 15 is 0 Å². The summed E-state index contributed by atoms with van der Waals surface area (Å²) in [4.78, 5) is 35.3. The summed E-state index contributed by atoms with van der Waals surface area (Å²) in [5.41, 5.74) is 5.19. The van der Waals surface area contributed by atoms with E-state index in [4.69, 9.17) is 11.6 Å². The highest BCUT2D eigenvalue weighted by molar-refractivity contribution is 9.10. The fraction of sp³-hybridized carbons (Fsp3) is 0.0625. The highest BCUT2D eigenvalue weighted by Gasteiger charge is 2.10. The Morgan fingerprint density at radius 3 is 2.29 bits per heavy atom. The zero-order valence-electron chi connectivity index (χ0n) is 12.3. The molecule has 0 saturated heterocycles. The second-order valence-corrected chi connectivity index (χ2v) is 6.05. The van der Waals surface area contributed by atoms with Gasteiger partial charge in [0.15, 0.2) is 0 Å². The van der Waals surface area contributed by atoms with Gasteiger partial charge in [0, 0.05) is 20.6 Å². The maximum Gasteiger partial charge on any atom is 0.269 e. The lowest BCUT2D eigenvalue weighted by Crippen LogP contribution is -2.46. The topological polar surface area (TPSA) is 87.3 Å². The molecule has 3 amide bonds. The minimum absolute atomic E-state index is 0.273. The molecule has 0 radical (unpaired) electrons. The van der Waals surface area contributed by atoms with E-state index < -0.39 is 11.8 Å². The third kappa shape index (κ3) is 5.36. The molecule has 3 N–H and O–H groups in total. The summed E-state index contributed by atoms with van der Waals surface area (Å²) < 4.78 is 0.848. The molecule has 0 aliphatic rings. The van der Waals surface area contributed by atoms with Crippen LogP contribution in [0.25, 0.3) is 0 Å². The molecule has 0 fully saturated rings. The van der Waals surface area contributed by atoms with Gasteiger partial charge in [-0.1, -0.05) is 33.6 Å². The smallest absolute Gasteiger partial charge is 0.269 e. The molecule has 0 saturated carbocycles. The maximum absolute atomic E-state index is 11.8. The fourth-order valence-corrected chi connectivity index (χ4v) is 2.19. The van der Waals surface area contributed by atoms with E-state index in [1.54, 1.807) is 42.5 Å². The first-order valence-electron chi connectivity index (χ1n) is 6.84. The average Bonchev–Trinajstić information content (AvgIpc) is 2.58. The molecule has 0 aliphatic carbocycles. The van der Waals surface area contributed by atoms with Crippen LogP contribution in [0.2, 0.25) is 5.02 Å². The van der Waals surface area contributed by atoms with Crippen LogP contribution in [-0.4, -0.2) is 24.3 Å². The summed E-state index contributed by atoms with van der Waals surface area (Å²) in [5.74, 6) is -1.46. The van der Waals surface area contributed by atoms with E-state index in [1.165, 1.54) is 6.07 Å². The first kappa shape index (κ1) is 18.0. The predicted molar refractivity (Wildman–Crippen MR) is 93.5 cm³/mol. The van der Waals surface area contributed by atoms with Crippen molar-refractivity contribution in [3.8, 4) is 0 Å². The summed E-state index contributed by atoms with van der Waals surface area (Å²) in [5, 5.41) is 2.86. The summed E-state index contributed by atoms with van der Waals surface area (Å²) in [6, 6.07) is 13.0. The monoisotopic (exact) mass is 409 g/mol. The van der Waals surface area contributed by atoms with Crippen molar-refractivity contribution in [1.29, 1.82) is 0 Å². The van der Waals surface area contributed by atoms with E-state index in [0.717, 1.165) is 4.47 Å². The van der Waals surface area contributed by atoms with E-state index in [0.29, 0.717) is 16.1 Å². The number of halogens is 2. The van der Waals surface area contributed by atoms with Gasteiger partial charge in [-0.2, -0.15) is 0 Å². The molecular formula is C16H13BrClN3O3. The van der Waals surface area contributed by atoms with Crippen molar-refractivity contribution >= 4 is 45.3 Å². The minimum Gasteiger partial charge on any atom is -0.343 e. The quantitative estimate of drug-likeness (QED) is 0.676. The molecule has 0 heterocycles. The Morgan fingerprint density at radius 1 is 0.917 bits per heavy atom. The molecular weight excluding hydrogens is 398 g/mol. The molecule has 0 bridgehead atoms. The van der Waals surface area contributed by atoms with Gasteiger partial charge in [0.2, 0.25) is 0 Å². The van der Waals surface area contributed by atoms with Gasteiger partial charge in [0.1, 0.15) is 0 Å². The Labute approximate surface area is 151 Å². The fourth-order valence-electron chi connectivity index (χ4n) is 1.74. The van der Waals surface area contributed by atoms with E-state index in [2.05, 4.69) is 32.1 Å². The SMILES string of the molecule is O=C(CNC(=O)c1ccc(Br)cc1)NNC(=O)c1cccc(Cl)c1. The summed E-state index contributed by atoms with van der Waals surface area (Å²) in [7, 11) is 0. The normalized spacial score (nSPS) is 9.92. The number of hydrazine groups is 1. The Bertz CT molecular complexity index is 765. The van der Waals surface area contributed by atoms with Gasteiger partial charge < -0.3 is 5.32 Å². The van der Waals surface area contributed by atoms with Crippen molar-refractivity contribution in [2.45, 2.75) is 0 Å². The highest BCUT2D eigenvalue weighted by atomic mass is 79.9. The predicted octanol–water partition coefficient (Wildman–Crippen LogP) is 2.29. The van der Waals surface area contributed by atoms with E-state index in [-0.39, 0.29) is 12.5 Å². The van der Waals surface area contributed by atoms with Crippen molar-refractivity contribution in [2.24, 2.45) is 0 Å². The number of nitrogens with one attached hydrogen (secondary N) is 3. The Kier molecular flexibility index (Phi) is 6.34. The van der Waals surface area contributed by atoms with Crippen molar-refractivity contribution in [3.63, 3.8) is 0 Å². The number of carbonyl (C=O) groups excluding carboxylic acids is 3. The first-order chi connectivity index (χ1) is 11.5. The van der Waals surface area contributed by atoms with Crippen LogP contribution in [0.1, 0.15) is 20.7 Å². The van der Waals surface area contributed by atoms with Crippen LogP contribution in [0, 0.1) is 0 Å². The molecule has 2 aromatic carbocycles. The van der Waals surface area contributed by atoms with Crippen molar-refractivity contribution in [3.05, 3.63) is 69.2 Å². The molecule has 0 unspecified atom stereocenters. The second-order valence-electron chi connectivity index (χ2n) is 4.70. The third-order valence-corrected chi connectivity index (χ3v) is 3.68. The Morgan fingerprint density at radius 2 is 1.62 bits per heavy atom. The minimum atomic E-state index is -0.559. The van der Waals surface area contributed by atoms with Crippen LogP contribution in [0.5, 0.6) is 0 Å². The zero-order valence-corrected chi connectivity index (χ0v) is 14.6. The van der Waals surface area contributed by atoms with Gasteiger partial charge in [-0.3, -0.25) is 25.2 Å². The largest absolute Gasteiger partial charge is 0.343 e. The number of hydrogen-bond acceptors (Lipinski definition) is 3. The molecule has 8 heteroatoms. The summed E-state index contributed by atoms with van der Waals surface area (Å²) in [6.07, 6.45) is 0. The lowest BCUT2D eigenvalue weighted by molar-refractivity contribution is -0.120. The van der Waals surface area contributed by atoms with Gasteiger partial charge in [0.05, 0.1) is 6.54 Å². The Balaban J connectivity index is 1.78. The first-order valence-corrected chi connectivity index (χ1v) is 8.01. The molecule has 2 aromatic rings. The molecule has 6 nitrogen and oxygen atoms in total. The lowest BCUT2D eigenvalue weighted by atomic mass is 10.2. The molecule has 124 valence electrons. The molecule has 24 heavy (non-hydrogen) atoms.